The molecule has 1 amide bonds. The van der Waals surface area contributed by atoms with E-state index in [1.54, 1.807) is 31.3 Å². The molecule has 3 N–H and O–H groups in total. The standard InChI is InChI=1S/C18H19FN2O3/c1-20-16(13-5-3-2-4-6-13)17(22)21-15(18(23)24)11-12-7-9-14(19)10-8-12/h2-10,15-16,20H,11H2,1H3,(H,21,22)(H,23,24)/t15?,16-/m0/s1. The number of amides is 1. The van der Waals surface area contributed by atoms with Crippen LogP contribution in [0.5, 0.6) is 0 Å². The Labute approximate surface area is 139 Å². The van der Waals surface area contributed by atoms with Crippen molar-refractivity contribution in [1.29, 1.82) is 0 Å². The first-order chi connectivity index (χ1) is 11.5. The summed E-state index contributed by atoms with van der Waals surface area (Å²) in [6, 6.07) is 12.8. The van der Waals surface area contributed by atoms with Gasteiger partial charge in [-0.1, -0.05) is 42.5 Å². The van der Waals surface area contributed by atoms with Gasteiger partial charge in [-0.25, -0.2) is 9.18 Å². The number of carbonyl (C=O) groups excluding carboxylic acids is 1. The fraction of sp³-hybridized carbons (Fsp3) is 0.222. The van der Waals surface area contributed by atoms with Crippen LogP contribution in [0.2, 0.25) is 0 Å². The minimum atomic E-state index is -1.14. The third-order valence-electron chi connectivity index (χ3n) is 3.65. The Morgan fingerprint density at radius 3 is 2.25 bits per heavy atom. The van der Waals surface area contributed by atoms with E-state index in [0.29, 0.717) is 5.56 Å². The summed E-state index contributed by atoms with van der Waals surface area (Å²) in [5.41, 5.74) is 1.37. The van der Waals surface area contributed by atoms with Gasteiger partial charge in [0.2, 0.25) is 5.91 Å². The largest absolute Gasteiger partial charge is 0.480 e. The number of likely N-dealkylation sites (N-methyl/N-ethyl adjacent to an activating group) is 1. The van der Waals surface area contributed by atoms with E-state index in [4.69, 9.17) is 0 Å². The van der Waals surface area contributed by atoms with E-state index in [1.807, 2.05) is 6.07 Å². The van der Waals surface area contributed by atoms with E-state index >= 15 is 0 Å². The highest BCUT2D eigenvalue weighted by molar-refractivity contribution is 5.87. The number of halogens is 1. The molecule has 1 unspecified atom stereocenters. The molecule has 2 atom stereocenters. The third-order valence-corrected chi connectivity index (χ3v) is 3.65. The number of carboxylic acids is 1. The Morgan fingerprint density at radius 1 is 1.08 bits per heavy atom. The van der Waals surface area contributed by atoms with Crippen molar-refractivity contribution in [2.24, 2.45) is 0 Å². The van der Waals surface area contributed by atoms with Gasteiger partial charge < -0.3 is 15.7 Å². The molecule has 0 bridgehead atoms. The van der Waals surface area contributed by atoms with Gasteiger partial charge in [0, 0.05) is 6.42 Å². The van der Waals surface area contributed by atoms with Gasteiger partial charge in [-0.2, -0.15) is 0 Å². The normalized spacial score (nSPS) is 13.1. The minimum Gasteiger partial charge on any atom is -0.480 e. The predicted octanol–water partition coefficient (Wildman–Crippen LogP) is 1.90. The zero-order chi connectivity index (χ0) is 17.5. The number of hydrogen-bond acceptors (Lipinski definition) is 3. The SMILES string of the molecule is CN[C@H](C(=O)NC(Cc1ccc(F)cc1)C(=O)O)c1ccccc1. The van der Waals surface area contributed by atoms with Crippen molar-refractivity contribution in [3.8, 4) is 0 Å². The lowest BCUT2D eigenvalue weighted by atomic mass is 10.0. The molecule has 126 valence electrons. The first-order valence-corrected chi connectivity index (χ1v) is 7.51. The van der Waals surface area contributed by atoms with Crippen molar-refractivity contribution in [1.82, 2.24) is 10.6 Å². The van der Waals surface area contributed by atoms with Crippen LogP contribution in [0.15, 0.2) is 54.6 Å². The maximum atomic E-state index is 12.9. The molecule has 0 fully saturated rings. The molecule has 0 saturated carbocycles. The molecule has 0 aliphatic carbocycles. The fourth-order valence-electron chi connectivity index (χ4n) is 2.41. The van der Waals surface area contributed by atoms with Gasteiger partial charge in [0.1, 0.15) is 17.9 Å². The van der Waals surface area contributed by atoms with Crippen molar-refractivity contribution < 1.29 is 19.1 Å². The van der Waals surface area contributed by atoms with Gasteiger partial charge in [-0.05, 0) is 30.3 Å². The number of hydrogen-bond donors (Lipinski definition) is 3. The molecule has 2 rings (SSSR count). The summed E-state index contributed by atoms with van der Waals surface area (Å²) in [6.45, 7) is 0. The molecule has 5 nitrogen and oxygen atoms in total. The molecule has 0 radical (unpaired) electrons. The van der Waals surface area contributed by atoms with Crippen LogP contribution < -0.4 is 10.6 Å². The number of carbonyl (C=O) groups is 2. The van der Waals surface area contributed by atoms with E-state index in [2.05, 4.69) is 10.6 Å². The Balaban J connectivity index is 2.10. The van der Waals surface area contributed by atoms with Crippen LogP contribution in [0.1, 0.15) is 17.2 Å². The van der Waals surface area contributed by atoms with E-state index in [0.717, 1.165) is 5.56 Å². The number of rotatable bonds is 7. The molecular formula is C18H19FN2O3. The second kappa shape index (κ2) is 8.21. The topological polar surface area (TPSA) is 78.4 Å². The number of nitrogens with one attached hydrogen (secondary N) is 2. The predicted molar refractivity (Wildman–Crippen MR) is 87.9 cm³/mol. The highest BCUT2D eigenvalue weighted by atomic mass is 19.1. The molecule has 6 heteroatoms. The van der Waals surface area contributed by atoms with Crippen molar-refractivity contribution in [2.45, 2.75) is 18.5 Å². The van der Waals surface area contributed by atoms with Crippen LogP contribution in [-0.4, -0.2) is 30.1 Å². The number of benzene rings is 2. The van der Waals surface area contributed by atoms with Crippen LogP contribution in [0, 0.1) is 5.82 Å². The maximum Gasteiger partial charge on any atom is 0.326 e. The maximum absolute atomic E-state index is 12.9. The molecule has 2 aromatic carbocycles. The first-order valence-electron chi connectivity index (χ1n) is 7.51. The average molecular weight is 330 g/mol. The molecule has 2 aromatic rings. The Bertz CT molecular complexity index is 689. The van der Waals surface area contributed by atoms with E-state index in [9.17, 15) is 19.1 Å². The van der Waals surface area contributed by atoms with Gasteiger partial charge in [-0.3, -0.25) is 4.79 Å². The van der Waals surface area contributed by atoms with Gasteiger partial charge >= 0.3 is 5.97 Å². The second-order valence-corrected chi connectivity index (χ2v) is 5.36. The van der Waals surface area contributed by atoms with E-state index in [-0.39, 0.29) is 6.42 Å². The van der Waals surface area contributed by atoms with Crippen LogP contribution >= 0.6 is 0 Å². The number of carboxylic acid groups (broad SMARTS) is 1. The van der Waals surface area contributed by atoms with Crippen LogP contribution in [0.25, 0.3) is 0 Å². The van der Waals surface area contributed by atoms with E-state index < -0.39 is 29.8 Å². The lowest BCUT2D eigenvalue weighted by Crippen LogP contribution is -2.46. The molecular weight excluding hydrogens is 311 g/mol. The van der Waals surface area contributed by atoms with Gasteiger partial charge in [0.25, 0.3) is 0 Å². The summed E-state index contributed by atoms with van der Waals surface area (Å²) in [6.07, 6.45) is 0.0760. The molecule has 0 saturated heterocycles. The molecule has 0 spiro atoms. The van der Waals surface area contributed by atoms with Crippen molar-refractivity contribution >= 4 is 11.9 Å². The lowest BCUT2D eigenvalue weighted by Gasteiger charge is -2.20. The smallest absolute Gasteiger partial charge is 0.326 e. The summed E-state index contributed by atoms with van der Waals surface area (Å²) >= 11 is 0. The lowest BCUT2D eigenvalue weighted by molar-refractivity contribution is -0.142. The van der Waals surface area contributed by atoms with Crippen LogP contribution in [-0.2, 0) is 16.0 Å². The quantitative estimate of drug-likeness (QED) is 0.724. The summed E-state index contributed by atoms with van der Waals surface area (Å²) in [5.74, 6) is -1.97. The van der Waals surface area contributed by atoms with E-state index in [1.165, 1.54) is 24.3 Å². The van der Waals surface area contributed by atoms with Gasteiger partial charge in [-0.15, -0.1) is 0 Å². The Hall–Kier alpha value is -2.73. The summed E-state index contributed by atoms with van der Waals surface area (Å²) < 4.78 is 12.9. The highest BCUT2D eigenvalue weighted by Gasteiger charge is 2.25. The van der Waals surface area contributed by atoms with Crippen LogP contribution in [0.4, 0.5) is 4.39 Å². The monoisotopic (exact) mass is 330 g/mol. The second-order valence-electron chi connectivity index (χ2n) is 5.36. The van der Waals surface area contributed by atoms with Crippen molar-refractivity contribution in [3.05, 3.63) is 71.5 Å². The third kappa shape index (κ3) is 4.63. The minimum absolute atomic E-state index is 0.0760. The summed E-state index contributed by atoms with van der Waals surface area (Å²) in [5, 5.41) is 14.8. The number of aliphatic carboxylic acids is 1. The summed E-state index contributed by atoms with van der Waals surface area (Å²) in [4.78, 5) is 23.9. The van der Waals surface area contributed by atoms with Gasteiger partial charge in [0.15, 0.2) is 0 Å². The molecule has 0 aliphatic rings. The summed E-state index contributed by atoms with van der Waals surface area (Å²) in [7, 11) is 1.63. The Morgan fingerprint density at radius 2 is 1.71 bits per heavy atom. The zero-order valence-corrected chi connectivity index (χ0v) is 13.2. The van der Waals surface area contributed by atoms with Crippen LogP contribution in [0.3, 0.4) is 0 Å². The molecule has 0 aromatic heterocycles. The molecule has 24 heavy (non-hydrogen) atoms. The molecule has 0 aliphatic heterocycles. The molecule has 0 heterocycles. The average Bonchev–Trinajstić information content (AvgIpc) is 2.57. The zero-order valence-electron chi connectivity index (χ0n) is 13.2. The fourth-order valence-corrected chi connectivity index (χ4v) is 2.41. The first kappa shape index (κ1) is 17.6. The highest BCUT2D eigenvalue weighted by Crippen LogP contribution is 2.13. The van der Waals surface area contributed by atoms with Crippen molar-refractivity contribution in [3.63, 3.8) is 0 Å². The van der Waals surface area contributed by atoms with Gasteiger partial charge in [0.05, 0.1) is 0 Å². The Kier molecular flexibility index (Phi) is 6.03. The van der Waals surface area contributed by atoms with Crippen molar-refractivity contribution in [2.75, 3.05) is 7.05 Å².